The third-order valence-electron chi connectivity index (χ3n) is 4.86. The molecule has 0 atom stereocenters. The zero-order chi connectivity index (χ0) is 19.4. The number of amides is 1. The number of fused-ring (bicyclic) bond motifs is 2. The molecule has 4 N–H and O–H groups in total. The number of nitrogens with two attached hydrogens (primary N) is 2. The van der Waals surface area contributed by atoms with Gasteiger partial charge in [0.05, 0.1) is 17.5 Å². The van der Waals surface area contributed by atoms with Gasteiger partial charge < -0.3 is 20.9 Å². The minimum atomic E-state index is -0.404. The Morgan fingerprint density at radius 2 is 1.93 bits per heavy atom. The summed E-state index contributed by atoms with van der Waals surface area (Å²) in [6.45, 7) is 5.87. The molecule has 0 aliphatic rings. The molecule has 3 rings (SSSR count). The molecule has 1 amide bonds. The maximum atomic E-state index is 10.9. The first-order chi connectivity index (χ1) is 13.0. The van der Waals surface area contributed by atoms with Crippen molar-refractivity contribution in [2.75, 3.05) is 13.2 Å². The van der Waals surface area contributed by atoms with Crippen LogP contribution in [0.3, 0.4) is 0 Å². The lowest BCUT2D eigenvalue weighted by molar-refractivity contribution is -0.119. The van der Waals surface area contributed by atoms with Crippen molar-refractivity contribution in [1.29, 1.82) is 0 Å². The average molecular weight is 366 g/mol. The molecule has 0 saturated heterocycles. The Bertz CT molecular complexity index is 1050. The summed E-state index contributed by atoms with van der Waals surface area (Å²) < 4.78 is 2.32. The highest BCUT2D eigenvalue weighted by Crippen LogP contribution is 2.24. The Morgan fingerprint density at radius 1 is 1.15 bits per heavy atom. The lowest BCUT2D eigenvalue weighted by Crippen LogP contribution is -2.17. The van der Waals surface area contributed by atoms with E-state index >= 15 is 0 Å². The van der Waals surface area contributed by atoms with Crippen molar-refractivity contribution in [3.05, 3.63) is 52.9 Å². The molecule has 6 heteroatoms. The molecule has 6 nitrogen and oxygen atoms in total. The van der Waals surface area contributed by atoms with E-state index in [1.165, 1.54) is 11.1 Å². The van der Waals surface area contributed by atoms with Gasteiger partial charge in [0, 0.05) is 17.3 Å². The number of hydrogen-bond donors (Lipinski definition) is 2. The van der Waals surface area contributed by atoms with Crippen molar-refractivity contribution in [3.63, 3.8) is 0 Å². The van der Waals surface area contributed by atoms with E-state index < -0.39 is 5.91 Å². The summed E-state index contributed by atoms with van der Waals surface area (Å²) in [7, 11) is 0. The summed E-state index contributed by atoms with van der Waals surface area (Å²) in [6.07, 6.45) is 1.03. The second kappa shape index (κ2) is 8.22. The van der Waals surface area contributed by atoms with Gasteiger partial charge in [0.25, 0.3) is 0 Å². The fourth-order valence-electron chi connectivity index (χ4n) is 3.35. The molecule has 1 aromatic heterocycles. The zero-order valence-corrected chi connectivity index (χ0v) is 15.9. The van der Waals surface area contributed by atoms with Gasteiger partial charge in [-0.15, -0.1) is 0 Å². The smallest absolute Gasteiger partial charge is 0.220 e. The summed E-state index contributed by atoms with van der Waals surface area (Å²) in [4.78, 5) is 16.4. The van der Waals surface area contributed by atoms with Gasteiger partial charge >= 0.3 is 0 Å². The van der Waals surface area contributed by atoms with Gasteiger partial charge in [0.15, 0.2) is 0 Å². The third-order valence-corrected chi connectivity index (χ3v) is 4.86. The maximum Gasteiger partial charge on any atom is 0.220 e. The van der Waals surface area contributed by atoms with E-state index in [-0.39, 0.29) is 13.0 Å². The van der Waals surface area contributed by atoms with Crippen molar-refractivity contribution in [2.24, 2.45) is 16.6 Å². The number of aromatic nitrogens is 1. The highest BCUT2D eigenvalue weighted by Gasteiger charge is 2.13. The molecular formula is C21H26N4O2. The van der Waals surface area contributed by atoms with Crippen LogP contribution in [-0.4, -0.2) is 23.6 Å². The monoisotopic (exact) mass is 366 g/mol. The number of primary amides is 1. The fourth-order valence-corrected chi connectivity index (χ4v) is 3.35. The normalized spacial score (nSPS) is 12.0. The Morgan fingerprint density at radius 3 is 2.67 bits per heavy atom. The van der Waals surface area contributed by atoms with Crippen LogP contribution in [0.25, 0.3) is 21.8 Å². The van der Waals surface area contributed by atoms with Gasteiger partial charge in [-0.25, -0.2) is 0 Å². The molecular weight excluding hydrogens is 340 g/mol. The van der Waals surface area contributed by atoms with E-state index in [2.05, 4.69) is 41.8 Å². The van der Waals surface area contributed by atoms with Crippen LogP contribution >= 0.6 is 0 Å². The van der Waals surface area contributed by atoms with Gasteiger partial charge in [-0.2, -0.15) is 0 Å². The summed E-state index contributed by atoms with van der Waals surface area (Å²) >= 11 is 0. The number of nitrogens with zero attached hydrogens (tertiary/aromatic N) is 2. The number of benzene rings is 2. The second-order valence-corrected chi connectivity index (χ2v) is 6.70. The number of carbonyl (C=O) groups excluding carboxylic acids is 1. The minimum absolute atomic E-state index is 0.140. The topological polar surface area (TPSA) is 95.6 Å². The zero-order valence-electron chi connectivity index (χ0n) is 15.9. The molecule has 142 valence electrons. The number of pyridine rings is 1. The summed E-state index contributed by atoms with van der Waals surface area (Å²) in [5.74, 6) is -0.404. The first-order valence-electron chi connectivity index (χ1n) is 9.20. The van der Waals surface area contributed by atoms with E-state index in [0.717, 1.165) is 40.1 Å². The van der Waals surface area contributed by atoms with Crippen LogP contribution in [0.1, 0.15) is 24.0 Å². The Kier molecular flexibility index (Phi) is 5.76. The van der Waals surface area contributed by atoms with Crippen molar-refractivity contribution in [3.8, 4) is 0 Å². The quantitative estimate of drug-likeness (QED) is 0.382. The minimum Gasteiger partial charge on any atom is -0.395 e. The number of para-hydroxylation sites is 1. The van der Waals surface area contributed by atoms with E-state index in [0.29, 0.717) is 6.54 Å². The Balaban J connectivity index is 2.32. The second-order valence-electron chi connectivity index (χ2n) is 6.70. The van der Waals surface area contributed by atoms with Crippen molar-refractivity contribution in [1.82, 2.24) is 4.57 Å². The lowest BCUT2D eigenvalue weighted by atomic mass is 10.0. The molecule has 0 aliphatic carbocycles. The highest BCUT2D eigenvalue weighted by atomic mass is 16.6. The van der Waals surface area contributed by atoms with Crippen molar-refractivity contribution >= 4 is 27.7 Å². The van der Waals surface area contributed by atoms with Gasteiger partial charge in [-0.1, -0.05) is 35.5 Å². The SMILES string of the molecule is Cc1ccc2c(=NOCCC(N)=O)c3ccccc3n(CCCN)c2c1C. The van der Waals surface area contributed by atoms with Crippen molar-refractivity contribution < 1.29 is 9.63 Å². The number of carbonyl (C=O) groups is 1. The third kappa shape index (κ3) is 3.80. The lowest BCUT2D eigenvalue weighted by Gasteiger charge is -2.18. The van der Waals surface area contributed by atoms with Crippen molar-refractivity contribution in [2.45, 2.75) is 33.2 Å². The van der Waals surface area contributed by atoms with Crippen LogP contribution in [0.4, 0.5) is 0 Å². The van der Waals surface area contributed by atoms with Gasteiger partial charge in [0.2, 0.25) is 5.91 Å². The van der Waals surface area contributed by atoms with Gasteiger partial charge in [0.1, 0.15) is 12.0 Å². The van der Waals surface area contributed by atoms with E-state index in [1.54, 1.807) is 0 Å². The van der Waals surface area contributed by atoms with Gasteiger partial charge in [-0.05, 0) is 44.0 Å². The molecule has 0 unspecified atom stereocenters. The predicted octanol–water partition coefficient (Wildman–Crippen LogP) is 2.47. The average Bonchev–Trinajstić information content (AvgIpc) is 2.66. The first kappa shape index (κ1) is 18.9. The van der Waals surface area contributed by atoms with E-state index in [1.807, 2.05) is 18.2 Å². The van der Waals surface area contributed by atoms with E-state index in [4.69, 9.17) is 16.3 Å². The number of hydrogen-bond acceptors (Lipinski definition) is 4. The number of rotatable bonds is 7. The molecule has 0 bridgehead atoms. The highest BCUT2D eigenvalue weighted by molar-refractivity contribution is 5.95. The summed E-state index contributed by atoms with van der Waals surface area (Å²) in [6, 6.07) is 12.3. The first-order valence-corrected chi connectivity index (χ1v) is 9.20. The van der Waals surface area contributed by atoms with Crippen LogP contribution in [0.5, 0.6) is 0 Å². The molecule has 1 heterocycles. The summed E-state index contributed by atoms with van der Waals surface area (Å²) in [5, 5.41) is 7.18. The standard InChI is InChI=1S/C21H26N4O2/c1-14-8-9-17-20(24-27-13-10-19(23)26)16-6-3-4-7-18(16)25(12-5-11-22)21(17)15(14)2/h3-4,6-9H,5,10-13,22H2,1-2H3,(H2,23,26). The fraction of sp³-hybridized carbons (Fsp3) is 0.333. The molecule has 0 fully saturated rings. The molecule has 0 saturated carbocycles. The molecule has 2 aromatic carbocycles. The van der Waals surface area contributed by atoms with Crippen LogP contribution < -0.4 is 16.8 Å². The van der Waals surface area contributed by atoms with Crippen LogP contribution in [-0.2, 0) is 16.2 Å². The Labute approximate surface area is 158 Å². The van der Waals surface area contributed by atoms with Crippen LogP contribution in [0, 0.1) is 13.8 Å². The number of aryl methyl sites for hydroxylation is 3. The largest absolute Gasteiger partial charge is 0.395 e. The van der Waals surface area contributed by atoms with Crippen LogP contribution in [0.15, 0.2) is 41.6 Å². The van der Waals surface area contributed by atoms with Gasteiger partial charge in [-0.3, -0.25) is 4.79 Å². The molecule has 27 heavy (non-hydrogen) atoms. The molecule has 3 aromatic rings. The molecule has 0 radical (unpaired) electrons. The maximum absolute atomic E-state index is 10.9. The predicted molar refractivity (Wildman–Crippen MR) is 108 cm³/mol. The Hall–Kier alpha value is -2.86. The molecule has 0 spiro atoms. The van der Waals surface area contributed by atoms with Crippen LogP contribution in [0.2, 0.25) is 0 Å². The summed E-state index contributed by atoms with van der Waals surface area (Å²) in [5.41, 5.74) is 15.6. The molecule has 0 aliphatic heterocycles. The van der Waals surface area contributed by atoms with E-state index in [9.17, 15) is 4.79 Å².